The highest BCUT2D eigenvalue weighted by Gasteiger charge is 2.46. The third-order valence-corrected chi connectivity index (χ3v) is 4.04. The molecule has 14 heavy (non-hydrogen) atoms. The van der Waals surface area contributed by atoms with Crippen molar-refractivity contribution < 1.29 is 4.79 Å². The highest BCUT2D eigenvalue weighted by atomic mass is 16.2. The maximum absolute atomic E-state index is 11.4. The predicted molar refractivity (Wildman–Crippen MR) is 56.8 cm³/mol. The van der Waals surface area contributed by atoms with Crippen molar-refractivity contribution in [3.05, 3.63) is 12.2 Å². The van der Waals surface area contributed by atoms with Crippen molar-refractivity contribution in [2.24, 2.45) is 11.8 Å². The van der Waals surface area contributed by atoms with Gasteiger partial charge in [-0.2, -0.15) is 0 Å². The van der Waals surface area contributed by atoms with Gasteiger partial charge in [-0.25, -0.2) is 0 Å². The van der Waals surface area contributed by atoms with E-state index in [1.807, 2.05) is 0 Å². The summed E-state index contributed by atoms with van der Waals surface area (Å²) in [5, 5.41) is 3.12. The molecule has 1 aliphatic heterocycles. The molecule has 0 spiro atoms. The fourth-order valence-electron chi connectivity index (χ4n) is 2.91. The molecule has 3 unspecified atom stereocenters. The molecule has 3 atom stereocenters. The Kier molecular flexibility index (Phi) is 2.17. The first-order chi connectivity index (χ1) is 6.51. The minimum Gasteiger partial charge on any atom is -0.351 e. The molecule has 2 aliphatic rings. The lowest BCUT2D eigenvalue weighted by atomic mass is 9.69. The zero-order valence-corrected chi connectivity index (χ0v) is 9.10. The Hall–Kier alpha value is -0.790. The number of carbonyl (C=O) groups excluding carboxylic acids is 1. The Balaban J connectivity index is 2.11. The standard InChI is InChI=1S/C12H19NO/c1-8(2)9-4-5-12(3)10(6-9)7-11(14)13-12/h9-10H,1,4-7H2,2-3H3,(H,13,14). The molecular formula is C12H19NO. The topological polar surface area (TPSA) is 29.1 Å². The van der Waals surface area contributed by atoms with Crippen molar-refractivity contribution in [1.82, 2.24) is 5.32 Å². The maximum Gasteiger partial charge on any atom is 0.220 e. The van der Waals surface area contributed by atoms with Gasteiger partial charge in [0.1, 0.15) is 0 Å². The number of amides is 1. The number of hydrogen-bond donors (Lipinski definition) is 1. The van der Waals surface area contributed by atoms with Gasteiger partial charge in [0.05, 0.1) is 0 Å². The molecule has 78 valence electrons. The van der Waals surface area contributed by atoms with Gasteiger partial charge in [0.15, 0.2) is 0 Å². The van der Waals surface area contributed by atoms with Gasteiger partial charge >= 0.3 is 0 Å². The highest BCUT2D eigenvalue weighted by Crippen LogP contribution is 2.43. The molecule has 1 saturated heterocycles. The van der Waals surface area contributed by atoms with E-state index in [9.17, 15) is 4.79 Å². The van der Waals surface area contributed by atoms with Crippen molar-refractivity contribution in [1.29, 1.82) is 0 Å². The van der Waals surface area contributed by atoms with Crippen LogP contribution < -0.4 is 5.32 Å². The molecule has 2 nitrogen and oxygen atoms in total. The Morgan fingerprint density at radius 3 is 3.00 bits per heavy atom. The van der Waals surface area contributed by atoms with Crippen molar-refractivity contribution in [2.45, 2.75) is 45.1 Å². The second kappa shape index (κ2) is 3.11. The summed E-state index contributed by atoms with van der Waals surface area (Å²) in [5.41, 5.74) is 1.37. The van der Waals surface area contributed by atoms with Crippen LogP contribution in [0, 0.1) is 11.8 Å². The summed E-state index contributed by atoms with van der Waals surface area (Å²) in [6, 6.07) is 0. The van der Waals surface area contributed by atoms with Crippen LogP contribution in [0.2, 0.25) is 0 Å². The molecule has 0 aromatic carbocycles. The van der Waals surface area contributed by atoms with E-state index >= 15 is 0 Å². The fourth-order valence-corrected chi connectivity index (χ4v) is 2.91. The molecule has 1 aliphatic carbocycles. The largest absolute Gasteiger partial charge is 0.351 e. The van der Waals surface area contributed by atoms with Gasteiger partial charge in [-0.15, -0.1) is 0 Å². The van der Waals surface area contributed by atoms with Gasteiger partial charge in [0.2, 0.25) is 5.91 Å². The third kappa shape index (κ3) is 1.47. The smallest absolute Gasteiger partial charge is 0.220 e. The Bertz CT molecular complexity index is 284. The second-order valence-corrected chi connectivity index (χ2v) is 5.18. The molecule has 1 heterocycles. The molecule has 2 heteroatoms. The van der Waals surface area contributed by atoms with Crippen LogP contribution in [0.5, 0.6) is 0 Å². The number of fused-ring (bicyclic) bond motifs is 1. The van der Waals surface area contributed by atoms with E-state index in [4.69, 9.17) is 0 Å². The van der Waals surface area contributed by atoms with Crippen LogP contribution in [0.1, 0.15) is 39.5 Å². The zero-order chi connectivity index (χ0) is 10.3. The number of allylic oxidation sites excluding steroid dienone is 1. The summed E-state index contributed by atoms with van der Waals surface area (Å²) in [4.78, 5) is 11.4. The van der Waals surface area contributed by atoms with E-state index in [2.05, 4.69) is 25.7 Å². The SMILES string of the molecule is C=C(C)C1CCC2(C)NC(=O)CC2C1. The van der Waals surface area contributed by atoms with Gasteiger partial charge < -0.3 is 5.32 Å². The molecular weight excluding hydrogens is 174 g/mol. The van der Waals surface area contributed by atoms with Crippen LogP contribution in [0.25, 0.3) is 0 Å². The van der Waals surface area contributed by atoms with Gasteiger partial charge in [-0.3, -0.25) is 4.79 Å². The number of rotatable bonds is 1. The zero-order valence-electron chi connectivity index (χ0n) is 9.10. The third-order valence-electron chi connectivity index (χ3n) is 4.04. The van der Waals surface area contributed by atoms with Crippen molar-refractivity contribution in [3.63, 3.8) is 0 Å². The van der Waals surface area contributed by atoms with Crippen LogP contribution in [0.3, 0.4) is 0 Å². The molecule has 0 radical (unpaired) electrons. The summed E-state index contributed by atoms with van der Waals surface area (Å²) in [6.45, 7) is 8.33. The molecule has 2 rings (SSSR count). The van der Waals surface area contributed by atoms with Gasteiger partial charge in [-0.05, 0) is 44.9 Å². The summed E-state index contributed by atoms with van der Waals surface area (Å²) in [5.74, 6) is 1.41. The molecule has 1 amide bonds. The average molecular weight is 193 g/mol. The van der Waals surface area contributed by atoms with E-state index in [1.165, 1.54) is 12.0 Å². The first-order valence-corrected chi connectivity index (χ1v) is 5.48. The molecule has 1 saturated carbocycles. The lowest BCUT2D eigenvalue weighted by Crippen LogP contribution is -2.46. The summed E-state index contributed by atoms with van der Waals surface area (Å²) in [6.07, 6.45) is 4.16. The van der Waals surface area contributed by atoms with Gasteiger partial charge in [-0.1, -0.05) is 12.2 Å². The van der Waals surface area contributed by atoms with Crippen LogP contribution in [0.15, 0.2) is 12.2 Å². The quantitative estimate of drug-likeness (QED) is 0.636. The lowest BCUT2D eigenvalue weighted by Gasteiger charge is -2.39. The van der Waals surface area contributed by atoms with Crippen LogP contribution in [-0.4, -0.2) is 11.4 Å². The van der Waals surface area contributed by atoms with Crippen molar-refractivity contribution >= 4 is 5.91 Å². The molecule has 0 bridgehead atoms. The molecule has 2 fully saturated rings. The fraction of sp³-hybridized carbons (Fsp3) is 0.750. The normalized spacial score (nSPS) is 41.7. The monoisotopic (exact) mass is 193 g/mol. The highest BCUT2D eigenvalue weighted by molar-refractivity contribution is 5.80. The second-order valence-electron chi connectivity index (χ2n) is 5.18. The average Bonchev–Trinajstić information content (AvgIpc) is 2.37. The Labute approximate surface area is 85.8 Å². The first kappa shape index (κ1) is 9.75. The van der Waals surface area contributed by atoms with E-state index in [-0.39, 0.29) is 11.4 Å². The summed E-state index contributed by atoms with van der Waals surface area (Å²) >= 11 is 0. The van der Waals surface area contributed by atoms with Crippen LogP contribution in [-0.2, 0) is 4.79 Å². The minimum atomic E-state index is 0.0863. The maximum atomic E-state index is 11.4. The first-order valence-electron chi connectivity index (χ1n) is 5.48. The van der Waals surface area contributed by atoms with Crippen molar-refractivity contribution in [2.75, 3.05) is 0 Å². The number of nitrogens with one attached hydrogen (secondary N) is 1. The summed E-state index contributed by atoms with van der Waals surface area (Å²) < 4.78 is 0. The van der Waals surface area contributed by atoms with E-state index in [0.717, 1.165) is 19.3 Å². The Morgan fingerprint density at radius 1 is 1.64 bits per heavy atom. The number of hydrogen-bond acceptors (Lipinski definition) is 1. The lowest BCUT2D eigenvalue weighted by molar-refractivity contribution is -0.119. The molecule has 1 N–H and O–H groups in total. The van der Waals surface area contributed by atoms with E-state index < -0.39 is 0 Å². The van der Waals surface area contributed by atoms with Gasteiger partial charge in [0, 0.05) is 12.0 Å². The van der Waals surface area contributed by atoms with Gasteiger partial charge in [0.25, 0.3) is 0 Å². The molecule has 0 aromatic rings. The summed E-state index contributed by atoms with van der Waals surface area (Å²) in [7, 11) is 0. The van der Waals surface area contributed by atoms with E-state index in [1.54, 1.807) is 0 Å². The number of carbonyl (C=O) groups is 1. The Morgan fingerprint density at radius 2 is 2.36 bits per heavy atom. The van der Waals surface area contributed by atoms with Crippen molar-refractivity contribution in [3.8, 4) is 0 Å². The van der Waals surface area contributed by atoms with Crippen LogP contribution in [0.4, 0.5) is 0 Å². The molecule has 0 aromatic heterocycles. The van der Waals surface area contributed by atoms with E-state index in [0.29, 0.717) is 11.8 Å². The predicted octanol–water partition coefficient (Wildman–Crippen LogP) is 2.26. The minimum absolute atomic E-state index is 0.0863. The van der Waals surface area contributed by atoms with Crippen LogP contribution >= 0.6 is 0 Å².